The highest BCUT2D eigenvalue weighted by Crippen LogP contribution is 2.42. The molecule has 1 aliphatic heterocycles. The van der Waals surface area contributed by atoms with Crippen molar-refractivity contribution in [1.29, 1.82) is 0 Å². The Kier molecular flexibility index (Phi) is 4.68. The third-order valence-corrected chi connectivity index (χ3v) is 4.62. The van der Waals surface area contributed by atoms with E-state index in [2.05, 4.69) is 36.4 Å². The van der Waals surface area contributed by atoms with Crippen LogP contribution >= 0.6 is 0 Å². The molecule has 0 bridgehead atoms. The van der Waals surface area contributed by atoms with Crippen LogP contribution in [0.2, 0.25) is 0 Å². The summed E-state index contributed by atoms with van der Waals surface area (Å²) in [6.45, 7) is 7.78. The Bertz CT molecular complexity index is 395. The SMILES string of the molecule is COCCN=C1NC(=O)C2(CC(C)CCC2C(C)C)N1. The molecule has 1 amide bonds. The van der Waals surface area contributed by atoms with Crippen LogP contribution in [0.5, 0.6) is 0 Å². The normalized spacial score (nSPS) is 35.6. The highest BCUT2D eigenvalue weighted by Gasteiger charge is 2.53. The number of guanidine groups is 1. The molecule has 1 heterocycles. The smallest absolute Gasteiger partial charge is 0.252 e. The first-order valence-electron chi connectivity index (χ1n) is 7.62. The molecular formula is C15H27N3O2. The summed E-state index contributed by atoms with van der Waals surface area (Å²) in [6.07, 6.45) is 3.20. The van der Waals surface area contributed by atoms with Crippen molar-refractivity contribution in [3.05, 3.63) is 0 Å². The number of nitrogens with one attached hydrogen (secondary N) is 2. The van der Waals surface area contributed by atoms with Gasteiger partial charge in [-0.15, -0.1) is 0 Å². The van der Waals surface area contributed by atoms with E-state index in [0.717, 1.165) is 12.8 Å². The molecule has 0 aromatic carbocycles. The summed E-state index contributed by atoms with van der Waals surface area (Å²) in [5.41, 5.74) is -0.461. The van der Waals surface area contributed by atoms with Gasteiger partial charge < -0.3 is 10.1 Å². The van der Waals surface area contributed by atoms with Crippen molar-refractivity contribution in [2.75, 3.05) is 20.3 Å². The van der Waals surface area contributed by atoms with Crippen LogP contribution in [-0.2, 0) is 9.53 Å². The van der Waals surface area contributed by atoms with Gasteiger partial charge in [0.15, 0.2) is 5.96 Å². The summed E-state index contributed by atoms with van der Waals surface area (Å²) in [5, 5.41) is 6.33. The van der Waals surface area contributed by atoms with E-state index >= 15 is 0 Å². The van der Waals surface area contributed by atoms with E-state index in [1.54, 1.807) is 7.11 Å². The van der Waals surface area contributed by atoms with Crippen molar-refractivity contribution in [3.63, 3.8) is 0 Å². The topological polar surface area (TPSA) is 62.7 Å². The average molecular weight is 281 g/mol. The van der Waals surface area contributed by atoms with Gasteiger partial charge in [0.1, 0.15) is 5.54 Å². The molecule has 20 heavy (non-hydrogen) atoms. The van der Waals surface area contributed by atoms with Crippen LogP contribution in [0.1, 0.15) is 40.0 Å². The highest BCUT2D eigenvalue weighted by atomic mass is 16.5. The van der Waals surface area contributed by atoms with E-state index < -0.39 is 5.54 Å². The first-order valence-corrected chi connectivity index (χ1v) is 7.62. The number of rotatable bonds is 4. The molecule has 114 valence electrons. The third kappa shape index (κ3) is 2.82. The maximum Gasteiger partial charge on any atom is 0.252 e. The van der Waals surface area contributed by atoms with E-state index in [0.29, 0.717) is 36.9 Å². The van der Waals surface area contributed by atoms with Gasteiger partial charge in [0.2, 0.25) is 0 Å². The Morgan fingerprint density at radius 2 is 2.20 bits per heavy atom. The molecule has 5 heteroatoms. The molecule has 1 saturated carbocycles. The number of carbonyl (C=O) groups is 1. The number of methoxy groups -OCH3 is 1. The van der Waals surface area contributed by atoms with Crippen molar-refractivity contribution >= 4 is 11.9 Å². The summed E-state index contributed by atoms with van der Waals surface area (Å²) in [6, 6.07) is 0. The fourth-order valence-corrected chi connectivity index (χ4v) is 3.67. The fraction of sp³-hybridized carbons (Fsp3) is 0.867. The van der Waals surface area contributed by atoms with Crippen LogP contribution in [0.15, 0.2) is 4.99 Å². The predicted molar refractivity (Wildman–Crippen MR) is 79.5 cm³/mol. The van der Waals surface area contributed by atoms with Gasteiger partial charge in [-0.25, -0.2) is 0 Å². The van der Waals surface area contributed by atoms with Crippen LogP contribution in [0, 0.1) is 17.8 Å². The lowest BCUT2D eigenvalue weighted by Crippen LogP contribution is -2.57. The molecule has 0 radical (unpaired) electrons. The largest absolute Gasteiger partial charge is 0.383 e. The van der Waals surface area contributed by atoms with Crippen molar-refractivity contribution in [3.8, 4) is 0 Å². The number of aliphatic imine (C=N–C) groups is 1. The summed E-state index contributed by atoms with van der Waals surface area (Å²) in [4.78, 5) is 16.9. The lowest BCUT2D eigenvalue weighted by molar-refractivity contribution is -0.129. The van der Waals surface area contributed by atoms with Gasteiger partial charge in [0, 0.05) is 7.11 Å². The van der Waals surface area contributed by atoms with Crippen LogP contribution in [0.3, 0.4) is 0 Å². The molecule has 3 unspecified atom stereocenters. The predicted octanol–water partition coefficient (Wildman–Crippen LogP) is 1.54. The maximum atomic E-state index is 12.6. The molecule has 1 aliphatic carbocycles. The molecule has 3 atom stereocenters. The molecule has 2 N–H and O–H groups in total. The van der Waals surface area contributed by atoms with E-state index in [1.165, 1.54) is 6.42 Å². The minimum absolute atomic E-state index is 0.0962. The third-order valence-electron chi connectivity index (χ3n) is 4.62. The molecule has 1 spiro atoms. The zero-order valence-corrected chi connectivity index (χ0v) is 13.0. The van der Waals surface area contributed by atoms with Crippen molar-refractivity contribution in [2.45, 2.75) is 45.6 Å². The van der Waals surface area contributed by atoms with Gasteiger partial charge in [-0.2, -0.15) is 0 Å². The molecule has 0 aromatic heterocycles. The Hall–Kier alpha value is -1.10. The van der Waals surface area contributed by atoms with Crippen LogP contribution in [0.4, 0.5) is 0 Å². The van der Waals surface area contributed by atoms with E-state index in [-0.39, 0.29) is 5.91 Å². The number of nitrogens with zero attached hydrogens (tertiary/aromatic N) is 1. The summed E-state index contributed by atoms with van der Waals surface area (Å²) < 4.78 is 4.99. The lowest BCUT2D eigenvalue weighted by Gasteiger charge is -2.43. The van der Waals surface area contributed by atoms with Gasteiger partial charge in [-0.1, -0.05) is 27.2 Å². The molecule has 1 saturated heterocycles. The summed E-state index contributed by atoms with van der Waals surface area (Å²) in [5.74, 6) is 2.14. The van der Waals surface area contributed by atoms with Crippen LogP contribution in [-0.4, -0.2) is 37.7 Å². The Balaban J connectivity index is 2.18. The highest BCUT2D eigenvalue weighted by molar-refractivity contribution is 6.09. The first kappa shape index (κ1) is 15.3. The number of hydrogen-bond donors (Lipinski definition) is 2. The molecule has 2 rings (SSSR count). The second kappa shape index (κ2) is 6.12. The number of ether oxygens (including phenoxy) is 1. The molecule has 2 aliphatic rings. The van der Waals surface area contributed by atoms with Crippen molar-refractivity contribution in [2.24, 2.45) is 22.7 Å². The standard InChI is InChI=1S/C15H27N3O2/c1-10(2)12-6-5-11(3)9-15(12)13(19)17-14(18-15)16-7-8-20-4/h10-12H,5-9H2,1-4H3,(H2,16,17,18,19). The van der Waals surface area contributed by atoms with E-state index in [4.69, 9.17) is 4.74 Å². The first-order chi connectivity index (χ1) is 9.49. The van der Waals surface area contributed by atoms with Crippen molar-refractivity contribution < 1.29 is 9.53 Å². The van der Waals surface area contributed by atoms with E-state index in [9.17, 15) is 4.79 Å². The Labute approximate surface area is 121 Å². The van der Waals surface area contributed by atoms with Gasteiger partial charge in [0.25, 0.3) is 5.91 Å². The fourth-order valence-electron chi connectivity index (χ4n) is 3.67. The molecule has 5 nitrogen and oxygen atoms in total. The van der Waals surface area contributed by atoms with Gasteiger partial charge in [0.05, 0.1) is 13.2 Å². The van der Waals surface area contributed by atoms with Gasteiger partial charge >= 0.3 is 0 Å². The van der Waals surface area contributed by atoms with Gasteiger partial charge in [-0.05, 0) is 30.6 Å². The summed E-state index contributed by atoms with van der Waals surface area (Å²) >= 11 is 0. The Morgan fingerprint density at radius 1 is 1.45 bits per heavy atom. The molecule has 0 aromatic rings. The zero-order valence-electron chi connectivity index (χ0n) is 13.0. The number of carbonyl (C=O) groups excluding carboxylic acids is 1. The lowest BCUT2D eigenvalue weighted by atomic mass is 9.65. The monoisotopic (exact) mass is 281 g/mol. The maximum absolute atomic E-state index is 12.6. The van der Waals surface area contributed by atoms with Gasteiger partial charge in [-0.3, -0.25) is 15.1 Å². The quantitative estimate of drug-likeness (QED) is 0.768. The molecule has 2 fully saturated rings. The minimum atomic E-state index is -0.461. The van der Waals surface area contributed by atoms with E-state index in [1.807, 2.05) is 0 Å². The Morgan fingerprint density at radius 3 is 2.85 bits per heavy atom. The molecular weight excluding hydrogens is 254 g/mol. The average Bonchev–Trinajstić information content (AvgIpc) is 2.66. The minimum Gasteiger partial charge on any atom is -0.383 e. The second-order valence-electron chi connectivity index (χ2n) is 6.51. The van der Waals surface area contributed by atoms with Crippen LogP contribution < -0.4 is 10.6 Å². The van der Waals surface area contributed by atoms with Crippen LogP contribution in [0.25, 0.3) is 0 Å². The zero-order chi connectivity index (χ0) is 14.8. The number of hydrogen-bond acceptors (Lipinski definition) is 3. The second-order valence-corrected chi connectivity index (χ2v) is 6.51. The summed E-state index contributed by atoms with van der Waals surface area (Å²) in [7, 11) is 1.65. The van der Waals surface area contributed by atoms with Crippen molar-refractivity contribution in [1.82, 2.24) is 10.6 Å². The number of amides is 1.